The molecule has 0 saturated heterocycles. The van der Waals surface area contributed by atoms with E-state index in [1.54, 1.807) is 0 Å². The minimum absolute atomic E-state index is 0.506. The maximum Gasteiger partial charge on any atom is 0.193 e. The Labute approximate surface area is 86.9 Å². The summed E-state index contributed by atoms with van der Waals surface area (Å²) in [5.41, 5.74) is 8.57. The number of tetrazole rings is 1. The Morgan fingerprint density at radius 2 is 2.33 bits per heavy atom. The number of aromatic nitrogens is 4. The lowest BCUT2D eigenvalue weighted by Crippen LogP contribution is -2.05. The Morgan fingerprint density at radius 3 is 3.00 bits per heavy atom. The first-order valence-corrected chi connectivity index (χ1v) is 4.58. The third-order valence-electron chi connectivity index (χ3n) is 2.12. The highest BCUT2D eigenvalue weighted by molar-refractivity contribution is 5.69. The second-order valence-corrected chi connectivity index (χ2v) is 3.22. The summed E-state index contributed by atoms with van der Waals surface area (Å²) in [4.78, 5) is 0. The molecule has 1 aromatic heterocycles. The number of hydrogen-bond acceptors (Lipinski definition) is 5. The largest absolute Gasteiger partial charge is 0.397 e. The van der Waals surface area contributed by atoms with Crippen LogP contribution in [0.25, 0.3) is 0 Å². The number of hydrogen-bond donors (Lipinski definition) is 3. The molecule has 1 heterocycles. The SMILES string of the molecule is Cc1cccc(N)c1NCc1nn[nH]n1. The number of nitrogens with one attached hydrogen (secondary N) is 2. The number of benzene rings is 1. The van der Waals surface area contributed by atoms with E-state index in [2.05, 4.69) is 25.9 Å². The monoisotopic (exact) mass is 204 g/mol. The average Bonchev–Trinajstić information content (AvgIpc) is 2.70. The molecule has 0 aliphatic heterocycles. The van der Waals surface area contributed by atoms with Crippen molar-refractivity contribution in [3.05, 3.63) is 29.6 Å². The zero-order valence-corrected chi connectivity index (χ0v) is 8.36. The van der Waals surface area contributed by atoms with Crippen LogP contribution in [0.2, 0.25) is 0 Å². The zero-order valence-electron chi connectivity index (χ0n) is 8.36. The predicted octanol–water partition coefficient (Wildman–Crippen LogP) is 0.702. The minimum Gasteiger partial charge on any atom is -0.397 e. The molecule has 0 bridgehead atoms. The Balaban J connectivity index is 2.11. The van der Waals surface area contributed by atoms with Crippen molar-refractivity contribution in [2.45, 2.75) is 13.5 Å². The van der Waals surface area contributed by atoms with Gasteiger partial charge in [0.25, 0.3) is 0 Å². The van der Waals surface area contributed by atoms with Crippen molar-refractivity contribution in [2.75, 3.05) is 11.1 Å². The van der Waals surface area contributed by atoms with Gasteiger partial charge in [-0.25, -0.2) is 0 Å². The quantitative estimate of drug-likeness (QED) is 0.640. The molecule has 4 N–H and O–H groups in total. The van der Waals surface area contributed by atoms with E-state index in [1.165, 1.54) is 0 Å². The van der Waals surface area contributed by atoms with Gasteiger partial charge in [0.05, 0.1) is 17.9 Å². The fourth-order valence-corrected chi connectivity index (χ4v) is 1.36. The van der Waals surface area contributed by atoms with Crippen LogP contribution in [-0.2, 0) is 6.54 Å². The minimum atomic E-state index is 0.506. The van der Waals surface area contributed by atoms with Crippen molar-refractivity contribution < 1.29 is 0 Å². The number of nitrogens with zero attached hydrogens (tertiary/aromatic N) is 3. The van der Waals surface area contributed by atoms with E-state index in [4.69, 9.17) is 5.73 Å². The Hall–Kier alpha value is -2.11. The summed E-state index contributed by atoms with van der Waals surface area (Å²) in [6.07, 6.45) is 0. The number of aryl methyl sites for hydroxylation is 1. The third kappa shape index (κ3) is 2.04. The number of aromatic amines is 1. The van der Waals surface area contributed by atoms with E-state index in [0.717, 1.165) is 16.9 Å². The van der Waals surface area contributed by atoms with E-state index < -0.39 is 0 Å². The van der Waals surface area contributed by atoms with Crippen LogP contribution in [0.1, 0.15) is 11.4 Å². The molecule has 0 amide bonds. The first-order valence-electron chi connectivity index (χ1n) is 4.58. The molecule has 0 saturated carbocycles. The first kappa shape index (κ1) is 9.45. The second kappa shape index (κ2) is 3.95. The fraction of sp³-hybridized carbons (Fsp3) is 0.222. The van der Waals surface area contributed by atoms with Gasteiger partial charge in [-0.2, -0.15) is 5.21 Å². The summed E-state index contributed by atoms with van der Waals surface area (Å²) in [6, 6.07) is 5.77. The van der Waals surface area contributed by atoms with Crippen molar-refractivity contribution in [3.8, 4) is 0 Å². The van der Waals surface area contributed by atoms with Crippen LogP contribution in [0.3, 0.4) is 0 Å². The number of nitrogens with two attached hydrogens (primary N) is 1. The van der Waals surface area contributed by atoms with E-state index in [9.17, 15) is 0 Å². The van der Waals surface area contributed by atoms with Crippen molar-refractivity contribution in [3.63, 3.8) is 0 Å². The van der Waals surface area contributed by atoms with Crippen LogP contribution < -0.4 is 11.1 Å². The Kier molecular flexibility index (Phi) is 2.49. The van der Waals surface area contributed by atoms with Crippen LogP contribution in [-0.4, -0.2) is 20.6 Å². The molecule has 6 nitrogen and oxygen atoms in total. The molecule has 2 aromatic rings. The van der Waals surface area contributed by atoms with Crippen molar-refractivity contribution in [1.29, 1.82) is 0 Å². The molecule has 0 aliphatic carbocycles. The lowest BCUT2D eigenvalue weighted by Gasteiger charge is -2.10. The van der Waals surface area contributed by atoms with Gasteiger partial charge in [-0.1, -0.05) is 17.3 Å². The predicted molar refractivity (Wildman–Crippen MR) is 57.1 cm³/mol. The van der Waals surface area contributed by atoms with Gasteiger partial charge in [-0.15, -0.1) is 10.2 Å². The summed E-state index contributed by atoms with van der Waals surface area (Å²) in [7, 11) is 0. The smallest absolute Gasteiger partial charge is 0.193 e. The summed E-state index contributed by atoms with van der Waals surface area (Å²) in [5.74, 6) is 0.609. The summed E-state index contributed by atoms with van der Waals surface area (Å²) >= 11 is 0. The van der Waals surface area contributed by atoms with E-state index in [-0.39, 0.29) is 0 Å². The van der Waals surface area contributed by atoms with Gasteiger partial charge in [0, 0.05) is 0 Å². The molecule has 0 fully saturated rings. The van der Waals surface area contributed by atoms with E-state index in [0.29, 0.717) is 12.4 Å². The molecule has 0 aliphatic rings. The van der Waals surface area contributed by atoms with Gasteiger partial charge in [0.15, 0.2) is 5.82 Å². The van der Waals surface area contributed by atoms with Gasteiger partial charge in [-0.05, 0) is 18.6 Å². The van der Waals surface area contributed by atoms with E-state index >= 15 is 0 Å². The molecule has 15 heavy (non-hydrogen) atoms. The number of rotatable bonds is 3. The van der Waals surface area contributed by atoms with Crippen molar-refractivity contribution >= 4 is 11.4 Å². The Morgan fingerprint density at radius 1 is 1.47 bits per heavy atom. The van der Waals surface area contributed by atoms with Crippen LogP contribution in [0.5, 0.6) is 0 Å². The zero-order chi connectivity index (χ0) is 10.7. The molecule has 0 unspecified atom stereocenters. The molecule has 0 atom stereocenters. The molecule has 78 valence electrons. The van der Waals surface area contributed by atoms with Crippen LogP contribution >= 0.6 is 0 Å². The standard InChI is InChI=1S/C9H12N6/c1-6-3-2-4-7(10)9(6)11-5-8-12-14-15-13-8/h2-4,11H,5,10H2,1H3,(H,12,13,14,15). The number of nitrogen functional groups attached to an aromatic ring is 1. The van der Waals surface area contributed by atoms with E-state index in [1.807, 2.05) is 25.1 Å². The first-order chi connectivity index (χ1) is 7.27. The highest BCUT2D eigenvalue weighted by Gasteiger charge is 2.03. The van der Waals surface area contributed by atoms with Crippen LogP contribution in [0.4, 0.5) is 11.4 Å². The summed E-state index contributed by atoms with van der Waals surface area (Å²) in [6.45, 7) is 2.50. The van der Waals surface area contributed by atoms with Crippen molar-refractivity contribution in [2.24, 2.45) is 0 Å². The normalized spacial score (nSPS) is 10.2. The van der Waals surface area contributed by atoms with Crippen molar-refractivity contribution in [1.82, 2.24) is 20.6 Å². The summed E-state index contributed by atoms with van der Waals surface area (Å²) in [5, 5.41) is 16.7. The van der Waals surface area contributed by atoms with Gasteiger partial charge in [0.1, 0.15) is 0 Å². The molecule has 1 aromatic carbocycles. The highest BCUT2D eigenvalue weighted by atomic mass is 15.5. The number of anilines is 2. The highest BCUT2D eigenvalue weighted by Crippen LogP contribution is 2.22. The number of H-pyrrole nitrogens is 1. The Bertz CT molecular complexity index is 416. The second-order valence-electron chi connectivity index (χ2n) is 3.22. The molecule has 0 spiro atoms. The molecule has 6 heteroatoms. The average molecular weight is 204 g/mol. The third-order valence-corrected chi connectivity index (χ3v) is 2.12. The molecular weight excluding hydrogens is 192 g/mol. The molecule has 2 rings (SSSR count). The molecule has 0 radical (unpaired) electrons. The van der Waals surface area contributed by atoms with Gasteiger partial charge in [0.2, 0.25) is 0 Å². The summed E-state index contributed by atoms with van der Waals surface area (Å²) < 4.78 is 0. The lowest BCUT2D eigenvalue weighted by molar-refractivity contribution is 0.881. The number of para-hydroxylation sites is 1. The van der Waals surface area contributed by atoms with Crippen LogP contribution in [0, 0.1) is 6.92 Å². The lowest BCUT2D eigenvalue weighted by atomic mass is 10.1. The van der Waals surface area contributed by atoms with Gasteiger partial charge < -0.3 is 11.1 Å². The van der Waals surface area contributed by atoms with Gasteiger partial charge in [-0.3, -0.25) is 0 Å². The molecular formula is C9H12N6. The van der Waals surface area contributed by atoms with Gasteiger partial charge >= 0.3 is 0 Å². The van der Waals surface area contributed by atoms with Crippen LogP contribution in [0.15, 0.2) is 18.2 Å². The maximum absolute atomic E-state index is 5.83. The fourth-order valence-electron chi connectivity index (χ4n) is 1.36. The topological polar surface area (TPSA) is 92.5 Å². The maximum atomic E-state index is 5.83.